The van der Waals surface area contributed by atoms with Crippen LogP contribution in [0.3, 0.4) is 0 Å². The van der Waals surface area contributed by atoms with Crippen LogP contribution < -0.4 is 5.32 Å². The third-order valence-electron chi connectivity index (χ3n) is 2.75. The molecule has 1 aromatic heterocycles. The van der Waals surface area contributed by atoms with Gasteiger partial charge in [-0.2, -0.15) is 5.10 Å². The molecule has 4 nitrogen and oxygen atoms in total. The number of anilines is 1. The van der Waals surface area contributed by atoms with Gasteiger partial charge < -0.3 is 5.32 Å². The summed E-state index contributed by atoms with van der Waals surface area (Å²) in [6, 6.07) is 9.62. The molecule has 1 N–H and O–H groups in total. The average molecular weight is 322 g/mol. The highest BCUT2D eigenvalue weighted by atomic mass is 79.9. The summed E-state index contributed by atoms with van der Waals surface area (Å²) in [4.78, 5) is 12.0. The van der Waals surface area contributed by atoms with E-state index in [4.69, 9.17) is 0 Å². The number of nitrogens with one attached hydrogen (secondary N) is 1. The van der Waals surface area contributed by atoms with E-state index in [0.29, 0.717) is 6.42 Å². The van der Waals surface area contributed by atoms with Crippen molar-refractivity contribution in [3.63, 3.8) is 0 Å². The maximum Gasteiger partial charge on any atom is 0.229 e. The number of amides is 1. The Balaban J connectivity index is 2.03. The van der Waals surface area contributed by atoms with Crippen molar-refractivity contribution in [1.82, 2.24) is 9.78 Å². The molecule has 0 bridgehead atoms. The largest absolute Gasteiger partial charge is 0.311 e. The molecular weight excluding hydrogens is 306 g/mol. The molecule has 2 rings (SSSR count). The molecule has 0 saturated heterocycles. The van der Waals surface area contributed by atoms with Crippen LogP contribution in [0.4, 0.5) is 5.82 Å². The predicted octanol–water partition coefficient (Wildman–Crippen LogP) is 3.16. The van der Waals surface area contributed by atoms with Crippen LogP contribution in [0.5, 0.6) is 0 Å². The van der Waals surface area contributed by atoms with Gasteiger partial charge in [-0.1, -0.05) is 28.1 Å². The zero-order valence-corrected chi connectivity index (χ0v) is 12.6. The van der Waals surface area contributed by atoms with E-state index in [1.807, 2.05) is 44.2 Å². The first-order chi connectivity index (χ1) is 9.08. The van der Waals surface area contributed by atoms with Crippen molar-refractivity contribution in [2.24, 2.45) is 0 Å². The predicted molar refractivity (Wildman–Crippen MR) is 79.1 cm³/mol. The number of aryl methyl sites for hydroxylation is 2. The van der Waals surface area contributed by atoms with Gasteiger partial charge in [0.2, 0.25) is 5.91 Å². The summed E-state index contributed by atoms with van der Waals surface area (Å²) < 4.78 is 2.80. The smallest absolute Gasteiger partial charge is 0.229 e. The second kappa shape index (κ2) is 6.02. The van der Waals surface area contributed by atoms with Crippen LogP contribution in [0.25, 0.3) is 0 Å². The molecule has 0 aliphatic heterocycles. The fourth-order valence-corrected chi connectivity index (χ4v) is 2.13. The second-order valence-electron chi connectivity index (χ2n) is 4.34. The van der Waals surface area contributed by atoms with Crippen molar-refractivity contribution in [1.29, 1.82) is 0 Å². The fourth-order valence-electron chi connectivity index (χ4n) is 1.86. The summed E-state index contributed by atoms with van der Waals surface area (Å²) in [5.41, 5.74) is 1.89. The van der Waals surface area contributed by atoms with E-state index in [1.54, 1.807) is 4.68 Å². The van der Waals surface area contributed by atoms with Gasteiger partial charge in [0.1, 0.15) is 5.82 Å². The molecule has 2 aromatic rings. The maximum absolute atomic E-state index is 12.0. The second-order valence-corrected chi connectivity index (χ2v) is 5.25. The molecule has 1 heterocycles. The summed E-state index contributed by atoms with van der Waals surface area (Å²) in [5.74, 6) is 0.721. The topological polar surface area (TPSA) is 46.9 Å². The molecule has 0 saturated carbocycles. The normalized spacial score (nSPS) is 10.5. The lowest BCUT2D eigenvalue weighted by Gasteiger charge is -2.07. The van der Waals surface area contributed by atoms with Crippen LogP contribution in [0.1, 0.15) is 18.2 Å². The molecule has 0 spiro atoms. The van der Waals surface area contributed by atoms with Crippen LogP contribution in [0, 0.1) is 6.92 Å². The highest BCUT2D eigenvalue weighted by Crippen LogP contribution is 2.13. The molecule has 1 amide bonds. The monoisotopic (exact) mass is 321 g/mol. The van der Waals surface area contributed by atoms with Gasteiger partial charge >= 0.3 is 0 Å². The molecule has 5 heteroatoms. The van der Waals surface area contributed by atoms with Crippen molar-refractivity contribution in [2.75, 3.05) is 5.32 Å². The first-order valence-corrected chi connectivity index (χ1v) is 6.96. The Morgan fingerprint density at radius 3 is 2.68 bits per heavy atom. The lowest BCUT2D eigenvalue weighted by Crippen LogP contribution is -2.17. The lowest BCUT2D eigenvalue weighted by molar-refractivity contribution is -0.115. The number of hydrogen-bond acceptors (Lipinski definition) is 2. The number of aromatic nitrogens is 2. The molecule has 100 valence electrons. The number of rotatable bonds is 4. The van der Waals surface area contributed by atoms with Gasteiger partial charge in [-0.15, -0.1) is 0 Å². The van der Waals surface area contributed by atoms with Gasteiger partial charge in [0.15, 0.2) is 0 Å². The zero-order valence-electron chi connectivity index (χ0n) is 11.0. The molecule has 0 unspecified atom stereocenters. The molecule has 0 atom stereocenters. The minimum atomic E-state index is -0.0306. The van der Waals surface area contributed by atoms with Crippen molar-refractivity contribution in [3.8, 4) is 0 Å². The van der Waals surface area contributed by atoms with Crippen LogP contribution in [-0.2, 0) is 17.8 Å². The highest BCUT2D eigenvalue weighted by molar-refractivity contribution is 9.10. The Bertz CT molecular complexity index is 575. The van der Waals surface area contributed by atoms with E-state index < -0.39 is 0 Å². The number of halogens is 1. The minimum Gasteiger partial charge on any atom is -0.311 e. The third-order valence-corrected chi connectivity index (χ3v) is 3.28. The molecule has 19 heavy (non-hydrogen) atoms. The van der Waals surface area contributed by atoms with Gasteiger partial charge in [-0.05, 0) is 31.5 Å². The Hall–Kier alpha value is -1.62. The number of hydrogen-bond donors (Lipinski definition) is 1. The van der Waals surface area contributed by atoms with Crippen molar-refractivity contribution < 1.29 is 4.79 Å². The van der Waals surface area contributed by atoms with Crippen LogP contribution >= 0.6 is 15.9 Å². The number of nitrogens with zero attached hydrogens (tertiary/aromatic N) is 2. The summed E-state index contributed by atoms with van der Waals surface area (Å²) in [6.07, 6.45) is 0.362. The minimum absolute atomic E-state index is 0.0306. The molecule has 0 radical (unpaired) electrons. The molecule has 1 aromatic carbocycles. The average Bonchev–Trinajstić information content (AvgIpc) is 2.72. The maximum atomic E-state index is 12.0. The summed E-state index contributed by atoms with van der Waals surface area (Å²) in [6.45, 7) is 4.65. The quantitative estimate of drug-likeness (QED) is 0.940. The van der Waals surface area contributed by atoms with Gasteiger partial charge in [0.05, 0.1) is 12.1 Å². The van der Waals surface area contributed by atoms with E-state index in [1.165, 1.54) is 0 Å². The Labute approximate surface area is 120 Å². The Morgan fingerprint density at radius 2 is 2.05 bits per heavy atom. The summed E-state index contributed by atoms with van der Waals surface area (Å²) >= 11 is 3.37. The van der Waals surface area contributed by atoms with E-state index in [2.05, 4.69) is 26.3 Å². The van der Waals surface area contributed by atoms with Gasteiger partial charge in [0.25, 0.3) is 0 Å². The van der Waals surface area contributed by atoms with E-state index in [-0.39, 0.29) is 5.91 Å². The van der Waals surface area contributed by atoms with Crippen LogP contribution in [0.15, 0.2) is 34.8 Å². The number of benzene rings is 1. The summed E-state index contributed by atoms with van der Waals surface area (Å²) in [7, 11) is 0. The van der Waals surface area contributed by atoms with Crippen LogP contribution in [0.2, 0.25) is 0 Å². The molecule has 0 fully saturated rings. The molecule has 0 aliphatic carbocycles. The Kier molecular flexibility index (Phi) is 4.37. The van der Waals surface area contributed by atoms with Crippen molar-refractivity contribution >= 4 is 27.7 Å². The van der Waals surface area contributed by atoms with Crippen molar-refractivity contribution in [2.45, 2.75) is 26.8 Å². The van der Waals surface area contributed by atoms with Crippen molar-refractivity contribution in [3.05, 3.63) is 46.1 Å². The SMILES string of the molecule is CCn1nc(C)cc1NC(=O)Cc1ccc(Br)cc1. The Morgan fingerprint density at radius 1 is 1.37 bits per heavy atom. The number of carbonyl (C=O) groups excluding carboxylic acids is 1. The van der Waals surface area contributed by atoms with E-state index >= 15 is 0 Å². The zero-order chi connectivity index (χ0) is 13.8. The van der Waals surface area contributed by atoms with Gasteiger partial charge in [0, 0.05) is 17.1 Å². The van der Waals surface area contributed by atoms with E-state index in [9.17, 15) is 4.79 Å². The first-order valence-electron chi connectivity index (χ1n) is 6.17. The highest BCUT2D eigenvalue weighted by Gasteiger charge is 2.08. The fraction of sp³-hybridized carbons (Fsp3) is 0.286. The first kappa shape index (κ1) is 13.8. The van der Waals surface area contributed by atoms with Crippen LogP contribution in [-0.4, -0.2) is 15.7 Å². The van der Waals surface area contributed by atoms with E-state index in [0.717, 1.165) is 28.1 Å². The van der Waals surface area contributed by atoms with Gasteiger partial charge in [-0.3, -0.25) is 4.79 Å². The number of carbonyl (C=O) groups is 1. The lowest BCUT2D eigenvalue weighted by atomic mass is 10.1. The molecular formula is C14H16BrN3O. The summed E-state index contributed by atoms with van der Waals surface area (Å²) in [5, 5.41) is 7.19. The third kappa shape index (κ3) is 3.67. The standard InChI is InChI=1S/C14H16BrN3O/c1-3-18-13(8-10(2)17-18)16-14(19)9-11-4-6-12(15)7-5-11/h4-8H,3,9H2,1-2H3,(H,16,19). The molecule has 0 aliphatic rings. The van der Waals surface area contributed by atoms with Gasteiger partial charge in [-0.25, -0.2) is 4.68 Å².